The Morgan fingerprint density at radius 1 is 0.538 bits per heavy atom. The number of unbranched alkanes of at least 4 members (excludes halogenated alkanes) is 20. The molecule has 0 spiro atoms. The third kappa shape index (κ3) is 31.1. The Balaban J connectivity index is 3.85. The third-order valence-corrected chi connectivity index (χ3v) is 7.74. The molecule has 0 heterocycles. The summed E-state index contributed by atoms with van der Waals surface area (Å²) in [6, 6.07) is 0. The number of rotatable bonds is 31. The topological polar surface area (TPSA) is 63.6 Å². The first-order valence-corrected chi connectivity index (χ1v) is 17.2. The summed E-state index contributed by atoms with van der Waals surface area (Å²) in [4.78, 5) is 23.0. The van der Waals surface area contributed by atoms with Gasteiger partial charge in [-0.1, -0.05) is 129 Å². The molecule has 0 aromatic heterocycles. The van der Waals surface area contributed by atoms with E-state index in [0.29, 0.717) is 12.8 Å². The predicted molar refractivity (Wildman–Crippen MR) is 167 cm³/mol. The standard InChI is InChI=1S/C35H66O4/c1-3-5-7-9-10-11-12-13-14-15-16-21-24-28-32-35(38)39-33(29-25-8-6-4-2)30-26-22-19-17-18-20-23-27-31-34(36)37/h12-13,33H,3-11,14-32H2,1-2H3,(H,36,37)/b13-12-. The van der Waals surface area contributed by atoms with Crippen LogP contribution in [0, 0.1) is 0 Å². The van der Waals surface area contributed by atoms with Crippen LogP contribution >= 0.6 is 0 Å². The number of aliphatic carboxylic acids is 1. The number of carbonyl (C=O) groups is 2. The van der Waals surface area contributed by atoms with Crippen molar-refractivity contribution in [3.05, 3.63) is 12.2 Å². The van der Waals surface area contributed by atoms with Crippen molar-refractivity contribution in [2.45, 2.75) is 200 Å². The molecule has 0 fully saturated rings. The normalized spacial score (nSPS) is 12.3. The molecular weight excluding hydrogens is 484 g/mol. The van der Waals surface area contributed by atoms with Gasteiger partial charge in [0.2, 0.25) is 0 Å². The first-order chi connectivity index (χ1) is 19.1. The van der Waals surface area contributed by atoms with Gasteiger partial charge in [-0.15, -0.1) is 0 Å². The minimum atomic E-state index is -0.683. The molecule has 0 aliphatic carbocycles. The molecule has 0 radical (unpaired) electrons. The lowest BCUT2D eigenvalue weighted by Crippen LogP contribution is -2.18. The Morgan fingerprint density at radius 3 is 1.41 bits per heavy atom. The molecule has 0 saturated carbocycles. The maximum Gasteiger partial charge on any atom is 0.306 e. The summed E-state index contributed by atoms with van der Waals surface area (Å²) in [5.41, 5.74) is 0. The van der Waals surface area contributed by atoms with Gasteiger partial charge in [-0.3, -0.25) is 9.59 Å². The maximum absolute atomic E-state index is 12.5. The Morgan fingerprint density at radius 2 is 0.923 bits per heavy atom. The van der Waals surface area contributed by atoms with Gasteiger partial charge in [0.05, 0.1) is 0 Å². The zero-order valence-corrected chi connectivity index (χ0v) is 26.2. The van der Waals surface area contributed by atoms with Gasteiger partial charge in [0.1, 0.15) is 6.10 Å². The number of carboxylic acids is 1. The summed E-state index contributed by atoms with van der Waals surface area (Å²) in [5, 5.41) is 8.69. The van der Waals surface area contributed by atoms with Crippen LogP contribution in [0.4, 0.5) is 0 Å². The van der Waals surface area contributed by atoms with Crippen LogP contribution in [0.25, 0.3) is 0 Å². The smallest absolute Gasteiger partial charge is 0.306 e. The summed E-state index contributed by atoms with van der Waals surface area (Å²) in [6.45, 7) is 4.50. The molecule has 0 aliphatic heterocycles. The lowest BCUT2D eigenvalue weighted by atomic mass is 10.0. The number of hydrogen-bond donors (Lipinski definition) is 1. The Labute approximate surface area is 243 Å². The van der Waals surface area contributed by atoms with E-state index in [9.17, 15) is 9.59 Å². The van der Waals surface area contributed by atoms with E-state index < -0.39 is 5.97 Å². The van der Waals surface area contributed by atoms with Gasteiger partial charge < -0.3 is 9.84 Å². The lowest BCUT2D eigenvalue weighted by Gasteiger charge is -2.18. The maximum atomic E-state index is 12.5. The molecular formula is C35H66O4. The summed E-state index contributed by atoms with van der Waals surface area (Å²) < 4.78 is 5.94. The van der Waals surface area contributed by atoms with E-state index in [-0.39, 0.29) is 12.1 Å². The first-order valence-electron chi connectivity index (χ1n) is 17.2. The van der Waals surface area contributed by atoms with E-state index in [1.165, 1.54) is 109 Å². The molecule has 0 aliphatic rings. The molecule has 1 atom stereocenters. The molecule has 0 saturated heterocycles. The van der Waals surface area contributed by atoms with Crippen LogP contribution in [-0.2, 0) is 14.3 Å². The summed E-state index contributed by atoms with van der Waals surface area (Å²) in [7, 11) is 0. The molecule has 0 rings (SSSR count). The average molecular weight is 551 g/mol. The highest BCUT2D eigenvalue weighted by Gasteiger charge is 2.14. The monoisotopic (exact) mass is 550 g/mol. The zero-order chi connectivity index (χ0) is 28.7. The van der Waals surface area contributed by atoms with Crippen molar-refractivity contribution in [2.24, 2.45) is 0 Å². The van der Waals surface area contributed by atoms with Crippen molar-refractivity contribution in [2.75, 3.05) is 0 Å². The lowest BCUT2D eigenvalue weighted by molar-refractivity contribution is -0.150. The van der Waals surface area contributed by atoms with Crippen molar-refractivity contribution in [1.29, 1.82) is 0 Å². The van der Waals surface area contributed by atoms with Gasteiger partial charge >= 0.3 is 11.9 Å². The fourth-order valence-electron chi connectivity index (χ4n) is 5.18. The van der Waals surface area contributed by atoms with E-state index in [2.05, 4.69) is 26.0 Å². The Hall–Kier alpha value is -1.32. The largest absolute Gasteiger partial charge is 0.481 e. The van der Waals surface area contributed by atoms with Gasteiger partial charge in [-0.25, -0.2) is 0 Å². The molecule has 230 valence electrons. The Bertz CT molecular complexity index is 557. The van der Waals surface area contributed by atoms with Crippen molar-refractivity contribution in [3.63, 3.8) is 0 Å². The van der Waals surface area contributed by atoms with Crippen LogP contribution in [0.2, 0.25) is 0 Å². The molecule has 0 aromatic rings. The van der Waals surface area contributed by atoms with Crippen LogP contribution in [0.1, 0.15) is 194 Å². The second-order valence-electron chi connectivity index (χ2n) is 11.7. The molecule has 4 heteroatoms. The Kier molecular flexibility index (Phi) is 30.2. The highest BCUT2D eigenvalue weighted by atomic mass is 16.5. The first kappa shape index (κ1) is 37.7. The molecule has 1 unspecified atom stereocenters. The highest BCUT2D eigenvalue weighted by Crippen LogP contribution is 2.18. The van der Waals surface area contributed by atoms with Crippen LogP contribution in [-0.4, -0.2) is 23.1 Å². The number of carbonyl (C=O) groups excluding carboxylic acids is 1. The second kappa shape index (κ2) is 31.2. The van der Waals surface area contributed by atoms with Crippen molar-refractivity contribution >= 4 is 11.9 Å². The molecule has 0 bridgehead atoms. The van der Waals surface area contributed by atoms with Gasteiger partial charge in [0.25, 0.3) is 0 Å². The van der Waals surface area contributed by atoms with E-state index >= 15 is 0 Å². The van der Waals surface area contributed by atoms with E-state index in [0.717, 1.165) is 57.8 Å². The van der Waals surface area contributed by atoms with Gasteiger partial charge in [-0.2, -0.15) is 0 Å². The summed E-state index contributed by atoms with van der Waals surface area (Å²) in [5.74, 6) is -0.670. The molecule has 39 heavy (non-hydrogen) atoms. The molecule has 4 nitrogen and oxygen atoms in total. The molecule has 0 amide bonds. The van der Waals surface area contributed by atoms with Gasteiger partial charge in [0, 0.05) is 12.8 Å². The van der Waals surface area contributed by atoms with E-state index in [4.69, 9.17) is 9.84 Å². The number of allylic oxidation sites excluding steroid dienone is 2. The van der Waals surface area contributed by atoms with E-state index in [1.54, 1.807) is 0 Å². The number of ether oxygens (including phenoxy) is 1. The number of esters is 1. The minimum absolute atomic E-state index is 0.0127. The summed E-state index contributed by atoms with van der Waals surface area (Å²) >= 11 is 0. The third-order valence-electron chi connectivity index (χ3n) is 7.74. The quantitative estimate of drug-likeness (QED) is 0.0529. The number of carboxylic acid groups (broad SMARTS) is 1. The van der Waals surface area contributed by atoms with E-state index in [1.807, 2.05) is 0 Å². The SMILES string of the molecule is CCCCCCC/C=C\CCCCCCCC(=O)OC(CCCCCC)CCCCCCCCCCC(=O)O. The van der Waals surface area contributed by atoms with Crippen molar-refractivity contribution < 1.29 is 19.4 Å². The molecule has 0 aromatic carbocycles. The highest BCUT2D eigenvalue weighted by molar-refractivity contribution is 5.69. The fourth-order valence-corrected chi connectivity index (χ4v) is 5.18. The second-order valence-corrected chi connectivity index (χ2v) is 11.7. The molecule has 1 N–H and O–H groups in total. The van der Waals surface area contributed by atoms with Gasteiger partial charge in [-0.05, 0) is 64.2 Å². The number of hydrogen-bond acceptors (Lipinski definition) is 3. The van der Waals surface area contributed by atoms with Crippen LogP contribution < -0.4 is 0 Å². The average Bonchev–Trinajstić information content (AvgIpc) is 2.91. The fraction of sp³-hybridized carbons (Fsp3) is 0.886. The van der Waals surface area contributed by atoms with Crippen LogP contribution in [0.5, 0.6) is 0 Å². The predicted octanol–water partition coefficient (Wildman–Crippen LogP) is 11.5. The zero-order valence-electron chi connectivity index (χ0n) is 26.2. The van der Waals surface area contributed by atoms with Crippen LogP contribution in [0.3, 0.4) is 0 Å². The van der Waals surface area contributed by atoms with Crippen LogP contribution in [0.15, 0.2) is 12.2 Å². The van der Waals surface area contributed by atoms with Gasteiger partial charge in [0.15, 0.2) is 0 Å². The van der Waals surface area contributed by atoms with Crippen molar-refractivity contribution in [3.8, 4) is 0 Å². The van der Waals surface area contributed by atoms with Crippen molar-refractivity contribution in [1.82, 2.24) is 0 Å². The summed E-state index contributed by atoms with van der Waals surface area (Å²) in [6.07, 6.45) is 36.7. The minimum Gasteiger partial charge on any atom is -0.481 e.